The van der Waals surface area contributed by atoms with Crippen molar-refractivity contribution in [2.45, 2.75) is 18.8 Å². The van der Waals surface area contributed by atoms with E-state index in [0.717, 1.165) is 24.9 Å². The van der Waals surface area contributed by atoms with Crippen LogP contribution < -0.4 is 5.32 Å². The zero-order valence-electron chi connectivity index (χ0n) is 13.2. The summed E-state index contributed by atoms with van der Waals surface area (Å²) in [5.74, 6) is 1.34. The molecule has 2 fully saturated rings. The molecule has 2 heterocycles. The standard InChI is InChI=1S/C13H19N5O4S2/c1-23(20,21)17-24(22)6-4-18(5-7-24)13(19)16-11-8-14-12(15-9-11)10-2-3-10/h8-10H,2-7H2,1H3,(H,16,19). The predicted molar refractivity (Wildman–Crippen MR) is 89.7 cm³/mol. The van der Waals surface area contributed by atoms with E-state index in [4.69, 9.17) is 0 Å². The molecule has 132 valence electrons. The van der Waals surface area contributed by atoms with Crippen LogP contribution in [0.3, 0.4) is 0 Å². The molecular formula is C13H19N5O4S2. The number of hydrogen-bond donors (Lipinski definition) is 1. The summed E-state index contributed by atoms with van der Waals surface area (Å²) in [4.78, 5) is 22.2. The van der Waals surface area contributed by atoms with E-state index in [2.05, 4.69) is 19.1 Å². The van der Waals surface area contributed by atoms with Crippen molar-refractivity contribution in [2.24, 2.45) is 3.77 Å². The number of carbonyl (C=O) groups is 1. The van der Waals surface area contributed by atoms with Gasteiger partial charge in [-0.05, 0) is 12.8 Å². The Morgan fingerprint density at radius 3 is 2.38 bits per heavy atom. The largest absolute Gasteiger partial charge is 0.323 e. The molecule has 1 saturated heterocycles. The van der Waals surface area contributed by atoms with Crippen LogP contribution in [0, 0.1) is 0 Å². The van der Waals surface area contributed by atoms with Crippen LogP contribution in [0.1, 0.15) is 24.6 Å². The van der Waals surface area contributed by atoms with Crippen LogP contribution in [-0.4, -0.2) is 64.4 Å². The molecule has 0 bridgehead atoms. The normalized spacial score (nSPS) is 20.5. The smallest absolute Gasteiger partial charge is 0.321 e. The maximum Gasteiger partial charge on any atom is 0.321 e. The van der Waals surface area contributed by atoms with Crippen LogP contribution in [0.5, 0.6) is 0 Å². The van der Waals surface area contributed by atoms with Crippen molar-refractivity contribution >= 4 is 31.5 Å². The first-order valence-corrected chi connectivity index (χ1v) is 11.3. The summed E-state index contributed by atoms with van der Waals surface area (Å²) in [5.41, 5.74) is 0.497. The van der Waals surface area contributed by atoms with Gasteiger partial charge in [0.1, 0.15) is 5.82 Å². The van der Waals surface area contributed by atoms with E-state index in [9.17, 15) is 17.4 Å². The quantitative estimate of drug-likeness (QED) is 0.829. The highest BCUT2D eigenvalue weighted by molar-refractivity contribution is 8.03. The first-order chi connectivity index (χ1) is 11.2. The Bertz CT molecular complexity index is 841. The van der Waals surface area contributed by atoms with Gasteiger partial charge in [-0.15, -0.1) is 3.77 Å². The molecule has 3 rings (SSSR count). The molecule has 0 unspecified atom stereocenters. The van der Waals surface area contributed by atoms with Crippen LogP contribution in [0.25, 0.3) is 0 Å². The Labute approximate surface area is 141 Å². The number of sulfonamides is 1. The Morgan fingerprint density at radius 2 is 1.88 bits per heavy atom. The number of nitrogens with one attached hydrogen (secondary N) is 1. The molecule has 2 aliphatic rings. The third-order valence-electron chi connectivity index (χ3n) is 3.78. The zero-order valence-corrected chi connectivity index (χ0v) is 14.8. The maximum absolute atomic E-state index is 12.3. The summed E-state index contributed by atoms with van der Waals surface area (Å²) >= 11 is 0. The lowest BCUT2D eigenvalue weighted by Gasteiger charge is -2.28. The first-order valence-electron chi connectivity index (χ1n) is 7.56. The molecule has 24 heavy (non-hydrogen) atoms. The molecule has 1 aromatic rings. The molecule has 1 saturated carbocycles. The van der Waals surface area contributed by atoms with Gasteiger partial charge in [-0.25, -0.2) is 27.4 Å². The number of carbonyl (C=O) groups excluding carboxylic acids is 1. The number of amides is 2. The second kappa shape index (κ2) is 6.28. The summed E-state index contributed by atoms with van der Waals surface area (Å²) in [6, 6.07) is -0.349. The predicted octanol–water partition coefficient (Wildman–Crippen LogP) is 0.629. The average Bonchev–Trinajstić information content (AvgIpc) is 3.31. The van der Waals surface area contributed by atoms with E-state index in [1.54, 1.807) is 12.4 Å². The van der Waals surface area contributed by atoms with Crippen molar-refractivity contribution in [3.63, 3.8) is 0 Å². The van der Waals surface area contributed by atoms with Crippen LogP contribution in [-0.2, 0) is 19.8 Å². The molecule has 0 atom stereocenters. The van der Waals surface area contributed by atoms with E-state index in [0.29, 0.717) is 11.6 Å². The molecule has 0 spiro atoms. The SMILES string of the molecule is CS(=O)(=O)N=S1(=O)CCN(C(=O)Nc2cnc(C3CC3)nc2)CC1. The molecule has 1 N–H and O–H groups in total. The van der Waals surface area contributed by atoms with Crippen LogP contribution in [0.2, 0.25) is 0 Å². The monoisotopic (exact) mass is 373 g/mol. The number of nitrogens with zero attached hydrogens (tertiary/aromatic N) is 4. The topological polar surface area (TPSA) is 122 Å². The highest BCUT2D eigenvalue weighted by Gasteiger charge is 2.27. The fraction of sp³-hybridized carbons (Fsp3) is 0.615. The van der Waals surface area contributed by atoms with Crippen LogP contribution in [0.15, 0.2) is 16.2 Å². The van der Waals surface area contributed by atoms with Crippen LogP contribution >= 0.6 is 0 Å². The minimum Gasteiger partial charge on any atom is -0.323 e. The summed E-state index contributed by atoms with van der Waals surface area (Å²) in [7, 11) is -6.47. The lowest BCUT2D eigenvalue weighted by atomic mass is 10.4. The van der Waals surface area contributed by atoms with Crippen LogP contribution in [0.4, 0.5) is 10.5 Å². The number of aromatic nitrogens is 2. The molecule has 11 heteroatoms. The summed E-state index contributed by atoms with van der Waals surface area (Å²) in [5, 5.41) is 2.69. The summed E-state index contributed by atoms with van der Waals surface area (Å²) in [6.07, 6.45) is 6.29. The number of anilines is 1. The van der Waals surface area contributed by atoms with Gasteiger partial charge in [0.25, 0.3) is 10.0 Å². The summed E-state index contributed by atoms with van der Waals surface area (Å²) in [6.45, 7) is 0.370. The summed E-state index contributed by atoms with van der Waals surface area (Å²) < 4.78 is 38.1. The van der Waals surface area contributed by atoms with E-state index >= 15 is 0 Å². The number of rotatable bonds is 3. The van der Waals surface area contributed by atoms with E-state index in [-0.39, 0.29) is 30.6 Å². The van der Waals surface area contributed by atoms with Gasteiger partial charge in [0, 0.05) is 19.0 Å². The molecule has 2 amide bonds. The van der Waals surface area contributed by atoms with Crippen molar-refractivity contribution in [1.29, 1.82) is 0 Å². The highest BCUT2D eigenvalue weighted by Crippen LogP contribution is 2.37. The Hall–Kier alpha value is -1.75. The Balaban J connectivity index is 1.59. The fourth-order valence-electron chi connectivity index (χ4n) is 2.40. The van der Waals surface area contributed by atoms with Gasteiger partial charge in [0.05, 0.1) is 45.6 Å². The average molecular weight is 373 g/mol. The third-order valence-corrected chi connectivity index (χ3v) is 7.60. The highest BCUT2D eigenvalue weighted by atomic mass is 32.3. The molecule has 0 aromatic carbocycles. The lowest BCUT2D eigenvalue weighted by Crippen LogP contribution is -2.45. The second-order valence-corrected chi connectivity index (χ2v) is 10.4. The van der Waals surface area contributed by atoms with E-state index < -0.39 is 19.8 Å². The fourth-order valence-corrected chi connectivity index (χ4v) is 6.19. The van der Waals surface area contributed by atoms with Gasteiger partial charge in [0.15, 0.2) is 0 Å². The van der Waals surface area contributed by atoms with Crippen molar-refractivity contribution in [1.82, 2.24) is 14.9 Å². The minimum atomic E-state index is -3.66. The first kappa shape index (κ1) is 17.1. The van der Waals surface area contributed by atoms with E-state index in [1.807, 2.05) is 0 Å². The molecular weight excluding hydrogens is 354 g/mol. The number of urea groups is 1. The maximum atomic E-state index is 12.3. The minimum absolute atomic E-state index is 0.0462. The van der Waals surface area contributed by atoms with Gasteiger partial charge in [-0.2, -0.15) is 0 Å². The molecule has 1 aliphatic heterocycles. The second-order valence-electron chi connectivity index (χ2n) is 6.01. The third kappa shape index (κ3) is 4.41. The van der Waals surface area contributed by atoms with Gasteiger partial charge in [0.2, 0.25) is 0 Å². The van der Waals surface area contributed by atoms with Gasteiger partial charge in [-0.3, -0.25) is 0 Å². The van der Waals surface area contributed by atoms with Crippen molar-refractivity contribution in [2.75, 3.05) is 36.2 Å². The van der Waals surface area contributed by atoms with Gasteiger partial charge >= 0.3 is 6.03 Å². The zero-order chi connectivity index (χ0) is 17.4. The van der Waals surface area contributed by atoms with Crippen molar-refractivity contribution < 1.29 is 17.4 Å². The Morgan fingerprint density at radius 1 is 1.29 bits per heavy atom. The van der Waals surface area contributed by atoms with Crippen molar-refractivity contribution in [3.05, 3.63) is 18.2 Å². The van der Waals surface area contributed by atoms with Gasteiger partial charge in [-0.1, -0.05) is 0 Å². The molecule has 1 aliphatic carbocycles. The molecule has 1 aromatic heterocycles. The van der Waals surface area contributed by atoms with Gasteiger partial charge < -0.3 is 10.2 Å². The Kier molecular flexibility index (Phi) is 4.47. The van der Waals surface area contributed by atoms with E-state index in [1.165, 1.54) is 4.90 Å². The molecule has 0 radical (unpaired) electrons. The molecule has 9 nitrogen and oxygen atoms in total. The lowest BCUT2D eigenvalue weighted by molar-refractivity contribution is 0.216. The van der Waals surface area contributed by atoms with Crippen molar-refractivity contribution in [3.8, 4) is 0 Å². The number of hydrogen-bond acceptors (Lipinski definition) is 6.